The smallest absolute Gasteiger partial charge is 0.347 e. The molecule has 322 valence electrons. The Labute approximate surface area is 338 Å². The molecule has 14 nitrogen and oxygen atoms in total. The summed E-state index contributed by atoms with van der Waals surface area (Å²) in [6.07, 6.45) is 9.68. The van der Waals surface area contributed by atoms with Crippen molar-refractivity contribution >= 4 is 41.8 Å². The van der Waals surface area contributed by atoms with E-state index in [1.807, 2.05) is 6.07 Å². The maximum atomic E-state index is 12.5. The van der Waals surface area contributed by atoms with Gasteiger partial charge in [0.2, 0.25) is 0 Å². The Kier molecular flexibility index (Phi) is 26.3. The number of hydrogen-bond acceptors (Lipinski definition) is 14. The molecule has 1 rings (SSSR count). The molecule has 0 aliphatic carbocycles. The van der Waals surface area contributed by atoms with Gasteiger partial charge in [0.15, 0.2) is 36.6 Å². The first kappa shape index (κ1) is 50.5. The van der Waals surface area contributed by atoms with Crippen LogP contribution in [0.25, 0.3) is 0 Å². The SMILES string of the molecule is CCCCCCCCCCCCCCCCCC(=O)O[C@@H](C)C(=O)O[C@H](C)C(=O)O[C@H](C)C(=O)O[C@H](C)C(=O)O[C@H](C)C(=O)O[C@H](C)C(=O)OCc1ccccc1. The lowest BCUT2D eigenvalue weighted by atomic mass is 10.0. The number of hydrogen-bond donors (Lipinski definition) is 0. The van der Waals surface area contributed by atoms with Crippen molar-refractivity contribution in [2.45, 2.75) is 194 Å². The van der Waals surface area contributed by atoms with Crippen LogP contribution < -0.4 is 0 Å². The van der Waals surface area contributed by atoms with Crippen LogP contribution in [0.3, 0.4) is 0 Å². The van der Waals surface area contributed by atoms with Gasteiger partial charge in [-0.15, -0.1) is 0 Å². The molecule has 57 heavy (non-hydrogen) atoms. The molecule has 0 aromatic heterocycles. The average molecular weight is 807 g/mol. The molecule has 0 fully saturated rings. The third-order valence-corrected chi connectivity index (χ3v) is 8.97. The number of carbonyl (C=O) groups excluding carboxylic acids is 7. The van der Waals surface area contributed by atoms with E-state index in [-0.39, 0.29) is 13.0 Å². The molecule has 6 atom stereocenters. The first-order valence-corrected chi connectivity index (χ1v) is 20.6. The molecule has 0 radical (unpaired) electrons. The molecule has 0 unspecified atom stereocenters. The van der Waals surface area contributed by atoms with Crippen LogP contribution in [0.5, 0.6) is 0 Å². The summed E-state index contributed by atoms with van der Waals surface area (Å²) in [5, 5.41) is 0. The number of unbranched alkanes of at least 4 members (excludes halogenated alkanes) is 14. The van der Waals surface area contributed by atoms with Crippen molar-refractivity contribution in [2.24, 2.45) is 0 Å². The Morgan fingerprint density at radius 1 is 0.404 bits per heavy atom. The molecule has 0 saturated carbocycles. The van der Waals surface area contributed by atoms with Gasteiger partial charge in [0, 0.05) is 6.42 Å². The maximum Gasteiger partial charge on any atom is 0.347 e. The summed E-state index contributed by atoms with van der Waals surface area (Å²) >= 11 is 0. The highest BCUT2D eigenvalue weighted by molar-refractivity contribution is 5.87. The van der Waals surface area contributed by atoms with Gasteiger partial charge in [-0.2, -0.15) is 0 Å². The minimum Gasteiger partial charge on any atom is -0.458 e. The second-order valence-electron chi connectivity index (χ2n) is 14.3. The predicted octanol–water partition coefficient (Wildman–Crippen LogP) is 7.58. The summed E-state index contributed by atoms with van der Waals surface area (Å²) in [7, 11) is 0. The van der Waals surface area contributed by atoms with Crippen molar-refractivity contribution in [3.05, 3.63) is 35.9 Å². The molecular formula is C43H66O14. The second kappa shape index (κ2) is 29.7. The van der Waals surface area contributed by atoms with E-state index >= 15 is 0 Å². The highest BCUT2D eigenvalue weighted by atomic mass is 16.7. The van der Waals surface area contributed by atoms with Crippen LogP contribution in [0.1, 0.15) is 157 Å². The topological polar surface area (TPSA) is 184 Å². The molecular weight excluding hydrogens is 740 g/mol. The Hall–Kier alpha value is -4.49. The highest BCUT2D eigenvalue weighted by Gasteiger charge is 2.32. The summed E-state index contributed by atoms with van der Waals surface area (Å²) in [5.41, 5.74) is 0.738. The Morgan fingerprint density at radius 2 is 0.702 bits per heavy atom. The Bertz CT molecular complexity index is 1360. The molecule has 0 heterocycles. The molecule has 0 aliphatic rings. The zero-order valence-electron chi connectivity index (χ0n) is 35.1. The van der Waals surface area contributed by atoms with Gasteiger partial charge in [-0.05, 0) is 53.5 Å². The number of carbonyl (C=O) groups is 7. The zero-order chi connectivity index (χ0) is 42.6. The van der Waals surface area contributed by atoms with Crippen molar-refractivity contribution < 1.29 is 66.7 Å². The van der Waals surface area contributed by atoms with Gasteiger partial charge in [-0.25, -0.2) is 28.8 Å². The van der Waals surface area contributed by atoms with Gasteiger partial charge in [0.05, 0.1) is 0 Å². The van der Waals surface area contributed by atoms with Crippen molar-refractivity contribution in [1.29, 1.82) is 0 Å². The van der Waals surface area contributed by atoms with Crippen molar-refractivity contribution in [3.63, 3.8) is 0 Å². The third-order valence-electron chi connectivity index (χ3n) is 8.97. The molecule has 0 amide bonds. The molecule has 0 aliphatic heterocycles. The molecule has 0 saturated heterocycles. The average Bonchev–Trinajstić information content (AvgIpc) is 3.18. The molecule has 1 aromatic carbocycles. The fourth-order valence-electron chi connectivity index (χ4n) is 5.38. The van der Waals surface area contributed by atoms with E-state index in [0.29, 0.717) is 6.42 Å². The van der Waals surface area contributed by atoms with Crippen molar-refractivity contribution in [3.8, 4) is 0 Å². The Morgan fingerprint density at radius 3 is 1.05 bits per heavy atom. The second-order valence-corrected chi connectivity index (χ2v) is 14.3. The lowest BCUT2D eigenvalue weighted by Gasteiger charge is -2.20. The maximum absolute atomic E-state index is 12.5. The van der Waals surface area contributed by atoms with Gasteiger partial charge in [-0.1, -0.05) is 127 Å². The third kappa shape index (κ3) is 23.4. The van der Waals surface area contributed by atoms with E-state index in [1.165, 1.54) is 112 Å². The van der Waals surface area contributed by atoms with Crippen molar-refractivity contribution in [1.82, 2.24) is 0 Å². The first-order chi connectivity index (χ1) is 27.2. The lowest BCUT2D eigenvalue weighted by Crippen LogP contribution is -2.39. The molecule has 1 aromatic rings. The van der Waals surface area contributed by atoms with Crippen LogP contribution in [0.4, 0.5) is 0 Å². The highest BCUT2D eigenvalue weighted by Crippen LogP contribution is 2.15. The van der Waals surface area contributed by atoms with Gasteiger partial charge in [-0.3, -0.25) is 4.79 Å². The zero-order valence-corrected chi connectivity index (χ0v) is 35.1. The van der Waals surface area contributed by atoms with E-state index in [0.717, 1.165) is 24.8 Å². The normalized spacial score (nSPS) is 14.1. The molecule has 14 heteroatoms. The fourth-order valence-corrected chi connectivity index (χ4v) is 5.38. The van der Waals surface area contributed by atoms with Gasteiger partial charge < -0.3 is 33.2 Å². The van der Waals surface area contributed by atoms with Crippen LogP contribution in [-0.4, -0.2) is 78.4 Å². The largest absolute Gasteiger partial charge is 0.458 e. The predicted molar refractivity (Wildman–Crippen MR) is 209 cm³/mol. The standard InChI is InChI=1S/C43H66O14/c1-8-9-10-11-12-13-14-15-16-17-18-19-20-21-25-28-37(44)52-31(3)39(46)54-33(5)41(48)56-35(7)43(50)57-34(6)42(49)55-32(4)40(47)53-30(2)38(45)51-29-36-26-23-22-24-27-36/h22-24,26-27,30-35H,8-21,25,28-29H2,1-7H3/t30-,31+,32-,33-,34-,35-/m1/s1. The number of ether oxygens (including phenoxy) is 7. The summed E-state index contributed by atoms with van der Waals surface area (Å²) in [4.78, 5) is 86.8. The monoisotopic (exact) mass is 806 g/mol. The lowest BCUT2D eigenvalue weighted by molar-refractivity contribution is -0.188. The molecule has 0 bridgehead atoms. The number of benzene rings is 1. The van der Waals surface area contributed by atoms with Gasteiger partial charge >= 0.3 is 41.8 Å². The van der Waals surface area contributed by atoms with E-state index in [2.05, 4.69) is 6.92 Å². The summed E-state index contributed by atoms with van der Waals surface area (Å²) in [6, 6.07) is 8.88. The minimum atomic E-state index is -1.53. The van der Waals surface area contributed by atoms with Crippen LogP contribution >= 0.6 is 0 Å². The summed E-state index contributed by atoms with van der Waals surface area (Å²) in [6.45, 7) is 9.60. The molecule has 0 N–H and O–H groups in total. The van der Waals surface area contributed by atoms with E-state index in [1.54, 1.807) is 24.3 Å². The van der Waals surface area contributed by atoms with E-state index in [9.17, 15) is 33.6 Å². The minimum absolute atomic E-state index is 0.0250. The quantitative estimate of drug-likeness (QED) is 0.0421. The number of rotatable bonds is 30. The van der Waals surface area contributed by atoms with E-state index in [4.69, 9.17) is 33.2 Å². The van der Waals surface area contributed by atoms with Crippen molar-refractivity contribution in [2.75, 3.05) is 0 Å². The fraction of sp³-hybridized carbons (Fsp3) is 0.698. The van der Waals surface area contributed by atoms with Crippen LogP contribution in [0.2, 0.25) is 0 Å². The van der Waals surface area contributed by atoms with Crippen LogP contribution in [0.15, 0.2) is 30.3 Å². The van der Waals surface area contributed by atoms with E-state index < -0.39 is 78.4 Å². The van der Waals surface area contributed by atoms with Crippen LogP contribution in [-0.2, 0) is 73.3 Å². The first-order valence-electron chi connectivity index (χ1n) is 20.6. The Balaban J connectivity index is 2.27. The summed E-state index contributed by atoms with van der Waals surface area (Å²) in [5.74, 6) is -6.70. The molecule has 0 spiro atoms. The van der Waals surface area contributed by atoms with Crippen LogP contribution in [0, 0.1) is 0 Å². The number of esters is 7. The summed E-state index contributed by atoms with van der Waals surface area (Å²) < 4.78 is 35.4. The van der Waals surface area contributed by atoms with Gasteiger partial charge in [0.25, 0.3) is 0 Å². The van der Waals surface area contributed by atoms with Gasteiger partial charge in [0.1, 0.15) is 6.61 Å².